The summed E-state index contributed by atoms with van der Waals surface area (Å²) < 4.78 is 41.8. The average molecular weight is 349 g/mol. The van der Waals surface area contributed by atoms with Crippen molar-refractivity contribution >= 4 is 10.0 Å². The maximum Gasteiger partial charge on any atom is 0.241 e. The number of hydrogen-bond acceptors (Lipinski definition) is 2. The van der Waals surface area contributed by atoms with Gasteiger partial charge in [0.05, 0.1) is 4.90 Å². The van der Waals surface area contributed by atoms with Crippen LogP contribution >= 0.6 is 0 Å². The fourth-order valence-electron chi connectivity index (χ4n) is 2.96. The summed E-state index contributed by atoms with van der Waals surface area (Å²) in [6.07, 6.45) is 0.313. The van der Waals surface area contributed by atoms with Crippen LogP contribution < -0.4 is 4.72 Å². The Hall–Kier alpha value is -1.72. The van der Waals surface area contributed by atoms with Crippen LogP contribution in [0.25, 0.3) is 0 Å². The zero-order chi connectivity index (χ0) is 18.1. The summed E-state index contributed by atoms with van der Waals surface area (Å²) in [6, 6.07) is 6.41. The molecule has 0 atom stereocenters. The molecule has 0 aromatic heterocycles. The molecule has 0 bridgehead atoms. The van der Waals surface area contributed by atoms with Gasteiger partial charge in [0, 0.05) is 6.54 Å². The summed E-state index contributed by atoms with van der Waals surface area (Å²) in [4.78, 5) is 0.344. The third-order valence-electron chi connectivity index (χ3n) is 4.84. The van der Waals surface area contributed by atoms with E-state index in [-0.39, 0.29) is 12.4 Å². The largest absolute Gasteiger partial charge is 0.241 e. The van der Waals surface area contributed by atoms with Gasteiger partial charge in [-0.25, -0.2) is 17.5 Å². The Labute approximate surface area is 144 Å². The molecule has 0 amide bonds. The van der Waals surface area contributed by atoms with Gasteiger partial charge in [0.1, 0.15) is 5.82 Å². The predicted molar refractivity (Wildman–Crippen MR) is 95.4 cm³/mol. The number of rotatable bonds is 5. The highest BCUT2D eigenvalue weighted by molar-refractivity contribution is 7.89. The van der Waals surface area contributed by atoms with Crippen LogP contribution in [0, 0.1) is 40.4 Å². The number of sulfonamides is 1. The molecule has 0 aliphatic carbocycles. The average Bonchev–Trinajstić information content (AvgIpc) is 2.52. The Morgan fingerprint density at radius 3 is 1.92 bits per heavy atom. The molecule has 2 rings (SSSR count). The van der Waals surface area contributed by atoms with Crippen molar-refractivity contribution in [2.45, 2.75) is 45.9 Å². The minimum atomic E-state index is -3.64. The third-order valence-corrected chi connectivity index (χ3v) is 6.58. The Bertz CT molecular complexity index is 844. The summed E-state index contributed by atoms with van der Waals surface area (Å²) in [5.41, 5.74) is 5.16. The summed E-state index contributed by atoms with van der Waals surface area (Å²) in [5, 5.41) is 0. The first-order valence-electron chi connectivity index (χ1n) is 7.97. The smallest absolute Gasteiger partial charge is 0.211 e. The van der Waals surface area contributed by atoms with Gasteiger partial charge in [0.15, 0.2) is 0 Å². The molecule has 24 heavy (non-hydrogen) atoms. The van der Waals surface area contributed by atoms with E-state index in [1.807, 2.05) is 34.6 Å². The van der Waals surface area contributed by atoms with Crippen LogP contribution in [0.2, 0.25) is 0 Å². The lowest BCUT2D eigenvalue weighted by atomic mass is 9.95. The molecule has 0 aliphatic heterocycles. The molecule has 0 aliphatic rings. The van der Waals surface area contributed by atoms with Gasteiger partial charge in [-0.05, 0) is 80.5 Å². The lowest BCUT2D eigenvalue weighted by Crippen LogP contribution is -2.28. The van der Waals surface area contributed by atoms with Gasteiger partial charge in [-0.2, -0.15) is 0 Å². The zero-order valence-corrected chi connectivity index (χ0v) is 15.6. The molecule has 1 N–H and O–H groups in total. The van der Waals surface area contributed by atoms with E-state index in [1.54, 1.807) is 18.2 Å². The van der Waals surface area contributed by atoms with E-state index in [9.17, 15) is 12.8 Å². The lowest BCUT2D eigenvalue weighted by Gasteiger charge is -2.19. The fourth-order valence-corrected chi connectivity index (χ4v) is 4.59. The molecular formula is C19H24FNO2S. The van der Waals surface area contributed by atoms with Crippen LogP contribution in [0.1, 0.15) is 33.4 Å². The van der Waals surface area contributed by atoms with Crippen molar-refractivity contribution in [2.75, 3.05) is 6.54 Å². The molecule has 0 fully saturated rings. The van der Waals surface area contributed by atoms with Crippen molar-refractivity contribution < 1.29 is 12.8 Å². The monoisotopic (exact) mass is 349 g/mol. The second-order valence-corrected chi connectivity index (χ2v) is 7.90. The van der Waals surface area contributed by atoms with Gasteiger partial charge in [-0.1, -0.05) is 18.2 Å². The zero-order valence-electron chi connectivity index (χ0n) is 14.8. The van der Waals surface area contributed by atoms with E-state index in [0.717, 1.165) is 27.8 Å². The van der Waals surface area contributed by atoms with Gasteiger partial charge in [-0.3, -0.25) is 0 Å². The van der Waals surface area contributed by atoms with E-state index in [0.29, 0.717) is 16.9 Å². The molecule has 0 heterocycles. The van der Waals surface area contributed by atoms with E-state index in [4.69, 9.17) is 0 Å². The van der Waals surface area contributed by atoms with Gasteiger partial charge in [0.25, 0.3) is 0 Å². The van der Waals surface area contributed by atoms with Crippen molar-refractivity contribution in [1.82, 2.24) is 4.72 Å². The first-order valence-corrected chi connectivity index (χ1v) is 9.45. The van der Waals surface area contributed by atoms with Crippen molar-refractivity contribution in [3.8, 4) is 0 Å². The molecule has 2 aromatic rings. The summed E-state index contributed by atoms with van der Waals surface area (Å²) in [5.74, 6) is -0.314. The standard InChI is InChI=1S/C19H24FNO2S/c1-12-13(2)15(4)19(16(5)14(12)3)24(22,23)21-11-10-17-8-6-7-9-18(17)20/h6-9,21H,10-11H2,1-5H3. The van der Waals surface area contributed by atoms with Gasteiger partial charge in [0.2, 0.25) is 10.0 Å². The van der Waals surface area contributed by atoms with Crippen LogP contribution in [-0.2, 0) is 16.4 Å². The summed E-state index contributed by atoms with van der Waals surface area (Å²) in [7, 11) is -3.64. The third kappa shape index (κ3) is 3.52. The minimum Gasteiger partial charge on any atom is -0.211 e. The predicted octanol–water partition coefficient (Wildman–Crippen LogP) is 3.89. The number of benzene rings is 2. The Kier molecular flexibility index (Phi) is 5.45. The quantitative estimate of drug-likeness (QED) is 0.890. The molecule has 0 spiro atoms. The van der Waals surface area contributed by atoms with Gasteiger partial charge < -0.3 is 0 Å². The van der Waals surface area contributed by atoms with Crippen LogP contribution in [0.15, 0.2) is 29.2 Å². The van der Waals surface area contributed by atoms with Crippen LogP contribution in [0.4, 0.5) is 4.39 Å². The molecule has 2 aromatic carbocycles. The Morgan fingerprint density at radius 1 is 0.875 bits per heavy atom. The highest BCUT2D eigenvalue weighted by atomic mass is 32.2. The first kappa shape index (κ1) is 18.6. The molecular weight excluding hydrogens is 325 g/mol. The summed E-state index contributed by atoms with van der Waals surface area (Å²) >= 11 is 0. The topological polar surface area (TPSA) is 46.2 Å². The van der Waals surface area contributed by atoms with Crippen LogP contribution in [0.5, 0.6) is 0 Å². The molecule has 0 unspecified atom stereocenters. The lowest BCUT2D eigenvalue weighted by molar-refractivity contribution is 0.576. The maximum absolute atomic E-state index is 13.6. The van der Waals surface area contributed by atoms with E-state index in [1.165, 1.54) is 6.07 Å². The van der Waals surface area contributed by atoms with E-state index in [2.05, 4.69) is 4.72 Å². The second-order valence-electron chi connectivity index (χ2n) is 6.19. The SMILES string of the molecule is Cc1c(C)c(C)c(S(=O)(=O)NCCc2ccccc2F)c(C)c1C. The second kappa shape index (κ2) is 7.03. The molecule has 130 valence electrons. The van der Waals surface area contributed by atoms with Crippen molar-refractivity contribution in [3.63, 3.8) is 0 Å². The first-order chi connectivity index (χ1) is 11.2. The molecule has 0 radical (unpaired) electrons. The van der Waals surface area contributed by atoms with Crippen molar-refractivity contribution in [2.24, 2.45) is 0 Å². The minimum absolute atomic E-state index is 0.161. The maximum atomic E-state index is 13.6. The highest BCUT2D eigenvalue weighted by Crippen LogP contribution is 2.29. The molecule has 0 saturated heterocycles. The fraction of sp³-hybridized carbons (Fsp3) is 0.368. The highest BCUT2D eigenvalue weighted by Gasteiger charge is 2.23. The molecule has 0 saturated carbocycles. The van der Waals surface area contributed by atoms with E-state index < -0.39 is 10.0 Å². The van der Waals surface area contributed by atoms with Crippen LogP contribution in [-0.4, -0.2) is 15.0 Å². The van der Waals surface area contributed by atoms with Crippen LogP contribution in [0.3, 0.4) is 0 Å². The van der Waals surface area contributed by atoms with Crippen molar-refractivity contribution in [3.05, 3.63) is 63.5 Å². The van der Waals surface area contributed by atoms with Crippen molar-refractivity contribution in [1.29, 1.82) is 0 Å². The summed E-state index contributed by atoms with van der Waals surface area (Å²) in [6.45, 7) is 9.71. The Balaban J connectivity index is 2.27. The Morgan fingerprint density at radius 2 is 1.38 bits per heavy atom. The normalized spacial score (nSPS) is 11.8. The van der Waals surface area contributed by atoms with Gasteiger partial charge in [-0.15, -0.1) is 0 Å². The van der Waals surface area contributed by atoms with E-state index >= 15 is 0 Å². The number of nitrogens with one attached hydrogen (secondary N) is 1. The van der Waals surface area contributed by atoms with Gasteiger partial charge >= 0.3 is 0 Å². The number of halogens is 1. The number of hydrogen-bond donors (Lipinski definition) is 1. The molecule has 5 heteroatoms. The molecule has 3 nitrogen and oxygen atoms in total.